The molecule has 1 saturated heterocycles. The summed E-state index contributed by atoms with van der Waals surface area (Å²) < 4.78 is 2.27. The zero-order valence-corrected chi connectivity index (χ0v) is 20.5. The third-order valence-electron chi connectivity index (χ3n) is 8.25. The van der Waals surface area contributed by atoms with Gasteiger partial charge in [0.1, 0.15) is 5.82 Å². The van der Waals surface area contributed by atoms with Crippen LogP contribution < -0.4 is 4.90 Å². The van der Waals surface area contributed by atoms with Gasteiger partial charge in [-0.1, -0.05) is 11.6 Å². The third-order valence-corrected chi connectivity index (χ3v) is 8.49. The molecule has 3 fully saturated rings. The molecule has 4 aliphatic rings. The molecule has 8 nitrogen and oxygen atoms in total. The molecule has 178 valence electrons. The summed E-state index contributed by atoms with van der Waals surface area (Å²) in [5.41, 5.74) is 3.43. The molecule has 0 N–H and O–H groups in total. The molecule has 35 heavy (non-hydrogen) atoms. The van der Waals surface area contributed by atoms with Gasteiger partial charge in [-0.3, -0.25) is 9.47 Å². The van der Waals surface area contributed by atoms with Gasteiger partial charge in [0.25, 0.3) is 0 Å². The van der Waals surface area contributed by atoms with Crippen LogP contribution in [-0.2, 0) is 13.1 Å². The summed E-state index contributed by atoms with van der Waals surface area (Å²) in [6, 6.07) is 10.6. The molecule has 0 bridgehead atoms. The number of rotatable bonds is 4. The van der Waals surface area contributed by atoms with Gasteiger partial charge in [0.15, 0.2) is 5.82 Å². The molecule has 2 saturated carbocycles. The Morgan fingerprint density at radius 3 is 2.71 bits per heavy atom. The Morgan fingerprint density at radius 2 is 1.97 bits per heavy atom. The van der Waals surface area contributed by atoms with E-state index in [1.54, 1.807) is 0 Å². The highest BCUT2D eigenvalue weighted by Gasteiger charge is 2.55. The summed E-state index contributed by atoms with van der Waals surface area (Å²) in [5.74, 6) is 3.25. The monoisotopic (exact) mass is 486 g/mol. The molecule has 0 atom stereocenters. The fourth-order valence-electron chi connectivity index (χ4n) is 6.27. The Labute approximate surface area is 209 Å². The minimum Gasteiger partial charge on any atom is -0.340 e. The second-order valence-electron chi connectivity index (χ2n) is 11.1. The smallest absolute Gasteiger partial charge is 0.225 e. The maximum atomic E-state index is 9.65. The summed E-state index contributed by atoms with van der Waals surface area (Å²) in [6.45, 7) is 6.24. The van der Waals surface area contributed by atoms with Crippen LogP contribution in [0.25, 0.3) is 5.69 Å². The number of benzene rings is 1. The standard InChI is InChI=1S/C26H27ClN8/c1-17-4-7-29-24(30-17)34-15-26(16-34)9-19(10-26)23-32-31-22-12-33(14-25(13-28)5-6-25)11-18-8-20(27)2-3-21(18)35(22)23/h2-4,7-8,19H,5-6,9-12,14-16H2,1H3. The first kappa shape index (κ1) is 21.3. The Balaban J connectivity index is 1.14. The SMILES string of the molecule is Cc1ccnc(N2CC3(CC(c4nnc5n4-c4ccc(Cl)cc4CN(CC4(C#N)CC4)C5)C3)C2)n1. The highest BCUT2D eigenvalue weighted by atomic mass is 35.5. The molecule has 0 amide bonds. The van der Waals surface area contributed by atoms with Crippen LogP contribution >= 0.6 is 11.6 Å². The first-order chi connectivity index (χ1) is 16.9. The number of nitrogens with zero attached hydrogens (tertiary/aromatic N) is 8. The van der Waals surface area contributed by atoms with E-state index in [1.165, 1.54) is 5.56 Å². The van der Waals surface area contributed by atoms with Crippen molar-refractivity contribution in [3.63, 3.8) is 0 Å². The quantitative estimate of drug-likeness (QED) is 0.550. The molecule has 2 aromatic heterocycles. The lowest BCUT2D eigenvalue weighted by Crippen LogP contribution is -2.62. The summed E-state index contributed by atoms with van der Waals surface area (Å²) >= 11 is 6.40. The molecule has 4 heterocycles. The number of aromatic nitrogens is 5. The van der Waals surface area contributed by atoms with Gasteiger partial charge in [-0.05, 0) is 62.4 Å². The van der Waals surface area contributed by atoms with Gasteiger partial charge >= 0.3 is 0 Å². The maximum Gasteiger partial charge on any atom is 0.225 e. The van der Waals surface area contributed by atoms with Crippen molar-refractivity contribution < 1.29 is 0 Å². The van der Waals surface area contributed by atoms with E-state index in [0.29, 0.717) is 17.9 Å². The van der Waals surface area contributed by atoms with Gasteiger partial charge in [0, 0.05) is 54.4 Å². The van der Waals surface area contributed by atoms with Crippen LogP contribution in [0, 0.1) is 29.1 Å². The average molecular weight is 487 g/mol. The van der Waals surface area contributed by atoms with Crippen molar-refractivity contribution in [3.05, 3.63) is 58.4 Å². The zero-order chi connectivity index (χ0) is 23.8. The number of nitriles is 1. The van der Waals surface area contributed by atoms with Gasteiger partial charge in [0.05, 0.1) is 23.7 Å². The number of hydrogen-bond acceptors (Lipinski definition) is 7. The van der Waals surface area contributed by atoms with Crippen molar-refractivity contribution in [2.24, 2.45) is 10.8 Å². The largest absolute Gasteiger partial charge is 0.340 e. The van der Waals surface area contributed by atoms with Crippen molar-refractivity contribution in [1.29, 1.82) is 5.26 Å². The van der Waals surface area contributed by atoms with E-state index in [9.17, 15) is 5.26 Å². The minimum absolute atomic E-state index is 0.200. The summed E-state index contributed by atoms with van der Waals surface area (Å²) in [5, 5.41) is 19.8. The number of halogens is 1. The average Bonchev–Trinajstić information content (AvgIpc) is 3.47. The molecular weight excluding hydrogens is 460 g/mol. The van der Waals surface area contributed by atoms with Crippen molar-refractivity contribution in [2.75, 3.05) is 24.5 Å². The van der Waals surface area contributed by atoms with Gasteiger partial charge in [0.2, 0.25) is 5.95 Å². The Morgan fingerprint density at radius 1 is 1.14 bits per heavy atom. The lowest BCUT2D eigenvalue weighted by atomic mass is 9.57. The van der Waals surface area contributed by atoms with E-state index in [-0.39, 0.29) is 5.41 Å². The lowest BCUT2D eigenvalue weighted by molar-refractivity contribution is 0.0574. The van der Waals surface area contributed by atoms with E-state index in [0.717, 1.165) is 85.9 Å². The molecule has 9 heteroatoms. The first-order valence-electron chi connectivity index (χ1n) is 12.4. The fraction of sp³-hybridized carbons (Fsp3) is 0.500. The zero-order valence-electron chi connectivity index (χ0n) is 19.8. The normalized spacial score (nSPS) is 21.9. The Hall–Kier alpha value is -3.02. The first-order valence-corrected chi connectivity index (χ1v) is 12.7. The molecular formula is C26H27ClN8. The van der Waals surface area contributed by atoms with Gasteiger partial charge in [-0.2, -0.15) is 5.26 Å². The number of fused-ring (bicyclic) bond motifs is 3. The van der Waals surface area contributed by atoms with Crippen LogP contribution in [0.4, 0.5) is 5.95 Å². The van der Waals surface area contributed by atoms with Crippen LogP contribution in [0.3, 0.4) is 0 Å². The molecule has 2 aliphatic carbocycles. The molecule has 0 unspecified atom stereocenters. The second kappa shape index (κ2) is 7.49. The molecule has 1 aromatic carbocycles. The van der Waals surface area contributed by atoms with Crippen molar-refractivity contribution in [1.82, 2.24) is 29.6 Å². The Bertz CT molecular complexity index is 1360. The van der Waals surface area contributed by atoms with Crippen LogP contribution in [0.5, 0.6) is 0 Å². The van der Waals surface area contributed by atoms with Gasteiger partial charge in [-0.25, -0.2) is 9.97 Å². The number of hydrogen-bond donors (Lipinski definition) is 0. The van der Waals surface area contributed by atoms with Gasteiger partial charge < -0.3 is 4.90 Å². The third kappa shape index (κ3) is 3.52. The van der Waals surface area contributed by atoms with Crippen molar-refractivity contribution in [3.8, 4) is 11.8 Å². The molecule has 0 radical (unpaired) electrons. The lowest BCUT2D eigenvalue weighted by Gasteiger charge is -2.58. The molecule has 2 aliphatic heterocycles. The van der Waals surface area contributed by atoms with Crippen LogP contribution in [-0.4, -0.2) is 49.3 Å². The highest BCUT2D eigenvalue weighted by molar-refractivity contribution is 6.30. The second-order valence-corrected chi connectivity index (χ2v) is 11.5. The van der Waals surface area contributed by atoms with Crippen LogP contribution in [0.1, 0.15) is 54.5 Å². The predicted octanol–water partition coefficient (Wildman–Crippen LogP) is 4.02. The minimum atomic E-state index is -0.200. The highest BCUT2D eigenvalue weighted by Crippen LogP contribution is 2.56. The number of anilines is 1. The fourth-order valence-corrected chi connectivity index (χ4v) is 6.47. The Kier molecular flexibility index (Phi) is 4.55. The molecule has 1 spiro atoms. The summed E-state index contributed by atoms with van der Waals surface area (Å²) in [7, 11) is 0. The van der Waals surface area contributed by atoms with E-state index < -0.39 is 0 Å². The topological polar surface area (TPSA) is 86.8 Å². The van der Waals surface area contributed by atoms with E-state index in [1.807, 2.05) is 25.3 Å². The molecule has 3 aromatic rings. The van der Waals surface area contributed by atoms with E-state index in [4.69, 9.17) is 16.7 Å². The van der Waals surface area contributed by atoms with E-state index in [2.05, 4.69) is 47.6 Å². The van der Waals surface area contributed by atoms with E-state index >= 15 is 0 Å². The van der Waals surface area contributed by atoms with Gasteiger partial charge in [-0.15, -0.1) is 10.2 Å². The van der Waals surface area contributed by atoms with Crippen LogP contribution in [0.15, 0.2) is 30.5 Å². The summed E-state index contributed by atoms with van der Waals surface area (Å²) in [4.78, 5) is 13.7. The van der Waals surface area contributed by atoms with Crippen molar-refractivity contribution >= 4 is 17.5 Å². The van der Waals surface area contributed by atoms with Crippen LogP contribution in [0.2, 0.25) is 5.02 Å². The van der Waals surface area contributed by atoms with Crippen molar-refractivity contribution in [2.45, 2.75) is 51.6 Å². The predicted molar refractivity (Wildman–Crippen MR) is 131 cm³/mol. The summed E-state index contributed by atoms with van der Waals surface area (Å²) in [6.07, 6.45) is 6.02. The maximum absolute atomic E-state index is 9.65. The number of aryl methyl sites for hydroxylation is 1. The molecule has 7 rings (SSSR count).